The fraction of sp³-hybridized carbons (Fsp3) is 0.562. The van der Waals surface area contributed by atoms with Crippen molar-refractivity contribution in [3.8, 4) is 5.75 Å². The molecular formula is C16H24ClNO2. The number of phenolic OH excluding ortho intramolecular Hbond substituents is 1. The van der Waals surface area contributed by atoms with Gasteiger partial charge >= 0.3 is 0 Å². The lowest BCUT2D eigenvalue weighted by Crippen LogP contribution is -2.42. The second-order valence-electron chi connectivity index (χ2n) is 5.48. The normalized spacial score (nSPS) is 11.2. The highest BCUT2D eigenvalue weighted by Gasteiger charge is 2.25. The van der Waals surface area contributed by atoms with Crippen LogP contribution in [0.5, 0.6) is 5.75 Å². The number of halogens is 1. The molecule has 0 aliphatic heterocycles. The number of hydrogen-bond donors (Lipinski definition) is 1. The van der Waals surface area contributed by atoms with Crippen LogP contribution >= 0.6 is 11.6 Å². The average molecular weight is 298 g/mol. The molecule has 3 nitrogen and oxygen atoms in total. The first-order valence-corrected chi connectivity index (χ1v) is 7.57. The number of amides is 1. The van der Waals surface area contributed by atoms with Crippen LogP contribution in [0.3, 0.4) is 0 Å². The predicted octanol–water partition coefficient (Wildman–Crippen LogP) is 4.33. The Balaban J connectivity index is 3.09. The Hall–Kier alpha value is -1.22. The van der Waals surface area contributed by atoms with E-state index in [1.807, 2.05) is 4.90 Å². The summed E-state index contributed by atoms with van der Waals surface area (Å²) >= 11 is 5.82. The van der Waals surface area contributed by atoms with Crippen molar-refractivity contribution in [2.24, 2.45) is 5.92 Å². The number of benzene rings is 1. The molecule has 20 heavy (non-hydrogen) atoms. The minimum absolute atomic E-state index is 0.0535. The molecule has 1 amide bonds. The summed E-state index contributed by atoms with van der Waals surface area (Å²) in [5, 5.41) is 10.4. The van der Waals surface area contributed by atoms with E-state index in [-0.39, 0.29) is 17.7 Å². The fourth-order valence-corrected chi connectivity index (χ4v) is 2.53. The molecule has 0 atom stereocenters. The lowest BCUT2D eigenvalue weighted by Gasteiger charge is -2.32. The average Bonchev–Trinajstić information content (AvgIpc) is 2.37. The van der Waals surface area contributed by atoms with Gasteiger partial charge in [0.2, 0.25) is 0 Å². The molecule has 0 saturated carbocycles. The van der Waals surface area contributed by atoms with Gasteiger partial charge in [-0.1, -0.05) is 39.3 Å². The van der Waals surface area contributed by atoms with E-state index in [9.17, 15) is 9.90 Å². The highest BCUT2D eigenvalue weighted by molar-refractivity contribution is 6.30. The van der Waals surface area contributed by atoms with Gasteiger partial charge in [-0.3, -0.25) is 4.79 Å². The molecule has 0 aliphatic carbocycles. The Labute approximate surface area is 126 Å². The third-order valence-corrected chi connectivity index (χ3v) is 3.63. The summed E-state index contributed by atoms with van der Waals surface area (Å²) in [6, 6.07) is 4.83. The van der Waals surface area contributed by atoms with Crippen LogP contribution in [-0.4, -0.2) is 28.5 Å². The Morgan fingerprint density at radius 3 is 2.35 bits per heavy atom. The van der Waals surface area contributed by atoms with E-state index >= 15 is 0 Å². The summed E-state index contributed by atoms with van der Waals surface area (Å²) in [6.45, 7) is 9.02. The van der Waals surface area contributed by atoms with Gasteiger partial charge in [0, 0.05) is 17.6 Å². The van der Waals surface area contributed by atoms with Crippen LogP contribution in [0, 0.1) is 5.92 Å². The van der Waals surface area contributed by atoms with Crippen molar-refractivity contribution in [3.63, 3.8) is 0 Å². The van der Waals surface area contributed by atoms with Crippen molar-refractivity contribution in [2.45, 2.75) is 46.6 Å². The number of carbonyl (C=O) groups excluding carboxylic acids is 1. The molecule has 1 N–H and O–H groups in total. The van der Waals surface area contributed by atoms with E-state index in [4.69, 9.17) is 11.6 Å². The number of hydrogen-bond acceptors (Lipinski definition) is 2. The lowest BCUT2D eigenvalue weighted by molar-refractivity contribution is 0.0637. The van der Waals surface area contributed by atoms with E-state index < -0.39 is 0 Å². The Morgan fingerprint density at radius 2 is 1.90 bits per heavy atom. The summed E-state index contributed by atoms with van der Waals surface area (Å²) in [7, 11) is 0. The molecule has 1 aromatic carbocycles. The first-order valence-electron chi connectivity index (χ1n) is 7.20. The molecule has 0 radical (unpaired) electrons. The van der Waals surface area contributed by atoms with E-state index in [0.717, 1.165) is 12.8 Å². The minimum Gasteiger partial charge on any atom is -0.507 e. The molecule has 0 bridgehead atoms. The van der Waals surface area contributed by atoms with Gasteiger partial charge in [0.05, 0.1) is 5.56 Å². The Kier molecular flexibility index (Phi) is 6.34. The lowest BCUT2D eigenvalue weighted by atomic mass is 10.0. The summed E-state index contributed by atoms with van der Waals surface area (Å²) in [5.41, 5.74) is 0.321. The van der Waals surface area contributed by atoms with Crippen molar-refractivity contribution in [3.05, 3.63) is 28.8 Å². The van der Waals surface area contributed by atoms with Gasteiger partial charge in [-0.15, -0.1) is 0 Å². The smallest absolute Gasteiger partial charge is 0.257 e. The first kappa shape index (κ1) is 16.8. The molecule has 0 unspecified atom stereocenters. The topological polar surface area (TPSA) is 40.5 Å². The predicted molar refractivity (Wildman–Crippen MR) is 83.4 cm³/mol. The van der Waals surface area contributed by atoms with Gasteiger partial charge in [-0.25, -0.2) is 0 Å². The summed E-state index contributed by atoms with van der Waals surface area (Å²) < 4.78 is 0. The maximum Gasteiger partial charge on any atom is 0.257 e. The molecular weight excluding hydrogens is 274 g/mol. The molecule has 1 rings (SSSR count). The Morgan fingerprint density at radius 1 is 1.30 bits per heavy atom. The maximum atomic E-state index is 12.7. The zero-order chi connectivity index (χ0) is 15.3. The quantitative estimate of drug-likeness (QED) is 0.849. The maximum absolute atomic E-state index is 12.7. The second kappa shape index (κ2) is 7.53. The van der Waals surface area contributed by atoms with E-state index in [0.29, 0.717) is 23.0 Å². The molecule has 112 valence electrons. The molecule has 0 saturated heterocycles. The first-order chi connectivity index (χ1) is 9.40. The highest BCUT2D eigenvalue weighted by Crippen LogP contribution is 2.25. The summed E-state index contributed by atoms with van der Waals surface area (Å²) in [4.78, 5) is 14.6. The largest absolute Gasteiger partial charge is 0.507 e. The molecule has 1 aromatic rings. The van der Waals surface area contributed by atoms with Crippen LogP contribution in [0.15, 0.2) is 18.2 Å². The third kappa shape index (κ3) is 4.14. The van der Waals surface area contributed by atoms with E-state index in [1.54, 1.807) is 12.1 Å². The van der Waals surface area contributed by atoms with Gasteiger partial charge in [0.1, 0.15) is 5.75 Å². The van der Waals surface area contributed by atoms with Crippen LogP contribution in [0.1, 0.15) is 50.9 Å². The third-order valence-electron chi connectivity index (χ3n) is 3.40. The summed E-state index contributed by atoms with van der Waals surface area (Å²) in [5.74, 6) is 0.206. The van der Waals surface area contributed by atoms with E-state index in [2.05, 4.69) is 27.7 Å². The highest BCUT2D eigenvalue weighted by atomic mass is 35.5. The summed E-state index contributed by atoms with van der Waals surface area (Å²) in [6.07, 6.45) is 1.81. The van der Waals surface area contributed by atoms with Crippen LogP contribution in [0.25, 0.3) is 0 Å². The number of nitrogens with zero attached hydrogens (tertiary/aromatic N) is 1. The van der Waals surface area contributed by atoms with Crippen LogP contribution < -0.4 is 0 Å². The minimum atomic E-state index is -0.124. The van der Waals surface area contributed by atoms with Crippen molar-refractivity contribution in [2.75, 3.05) is 6.54 Å². The van der Waals surface area contributed by atoms with E-state index in [1.165, 1.54) is 6.07 Å². The fourth-order valence-electron chi connectivity index (χ4n) is 2.36. The molecule has 0 heterocycles. The number of rotatable bonds is 6. The van der Waals surface area contributed by atoms with Gasteiger partial charge in [0.15, 0.2) is 0 Å². The van der Waals surface area contributed by atoms with Crippen molar-refractivity contribution in [1.29, 1.82) is 0 Å². The van der Waals surface area contributed by atoms with Gasteiger partial charge in [0.25, 0.3) is 5.91 Å². The zero-order valence-electron chi connectivity index (χ0n) is 12.7. The van der Waals surface area contributed by atoms with Crippen molar-refractivity contribution < 1.29 is 9.90 Å². The number of carbonyl (C=O) groups is 1. The van der Waals surface area contributed by atoms with Crippen molar-refractivity contribution >= 4 is 17.5 Å². The zero-order valence-corrected chi connectivity index (χ0v) is 13.4. The van der Waals surface area contributed by atoms with Gasteiger partial charge < -0.3 is 10.0 Å². The molecule has 0 fully saturated rings. The van der Waals surface area contributed by atoms with Gasteiger partial charge in [-0.2, -0.15) is 0 Å². The SMILES string of the molecule is CCC(CC)N(CC(C)C)C(=O)c1ccc(Cl)cc1O. The molecule has 0 aliphatic rings. The second-order valence-corrected chi connectivity index (χ2v) is 5.92. The van der Waals surface area contributed by atoms with Crippen LogP contribution in [0.4, 0.5) is 0 Å². The van der Waals surface area contributed by atoms with Crippen LogP contribution in [0.2, 0.25) is 5.02 Å². The molecule has 0 aromatic heterocycles. The van der Waals surface area contributed by atoms with Crippen molar-refractivity contribution in [1.82, 2.24) is 4.90 Å². The molecule has 4 heteroatoms. The molecule has 0 spiro atoms. The Bertz CT molecular complexity index is 456. The van der Waals surface area contributed by atoms with Gasteiger partial charge in [-0.05, 0) is 37.0 Å². The number of phenols is 1. The monoisotopic (exact) mass is 297 g/mol. The standard InChI is InChI=1S/C16H24ClNO2/c1-5-13(6-2)18(10-11(3)4)16(20)14-8-7-12(17)9-15(14)19/h7-9,11,13,19H,5-6,10H2,1-4H3. The van der Waals surface area contributed by atoms with Crippen LogP contribution in [-0.2, 0) is 0 Å². The number of aromatic hydroxyl groups is 1.